The number of hydrogen-bond donors (Lipinski definition) is 0. The zero-order valence-corrected chi connectivity index (χ0v) is 18.2. The normalized spacial score (nSPS) is 14.6. The van der Waals surface area contributed by atoms with E-state index in [1.807, 2.05) is 6.07 Å². The molecule has 0 radical (unpaired) electrons. The summed E-state index contributed by atoms with van der Waals surface area (Å²) in [5.41, 5.74) is 1.02. The second-order valence-electron chi connectivity index (χ2n) is 7.25. The van der Waals surface area contributed by atoms with Crippen molar-refractivity contribution in [2.45, 2.75) is 13.3 Å². The van der Waals surface area contributed by atoms with E-state index in [0.29, 0.717) is 59.8 Å². The minimum Gasteiger partial charge on any atom is -0.470 e. The lowest BCUT2D eigenvalue weighted by Gasteiger charge is -2.34. The molecule has 0 bridgehead atoms. The summed E-state index contributed by atoms with van der Waals surface area (Å²) in [5, 5.41) is 5.25. The Morgan fingerprint density at radius 1 is 1.06 bits per heavy atom. The summed E-state index contributed by atoms with van der Waals surface area (Å²) in [6.45, 7) is 3.14. The third kappa shape index (κ3) is 5.36. The Labute approximate surface area is 189 Å². The average molecular weight is 463 g/mol. The molecule has 31 heavy (non-hydrogen) atoms. The van der Waals surface area contributed by atoms with Crippen LogP contribution in [-0.2, 0) is 13.3 Å². The highest BCUT2D eigenvalue weighted by Gasteiger charge is 2.24. The average Bonchev–Trinajstić information content (AvgIpc) is 3.24. The molecule has 0 unspecified atom stereocenters. The van der Waals surface area contributed by atoms with Crippen LogP contribution in [0.25, 0.3) is 0 Å². The van der Waals surface area contributed by atoms with Gasteiger partial charge in [-0.1, -0.05) is 41.4 Å². The highest BCUT2D eigenvalue weighted by atomic mass is 35.5. The monoisotopic (exact) mass is 462 g/mol. The minimum atomic E-state index is -0.200. The van der Waals surface area contributed by atoms with Crippen LogP contribution in [0.5, 0.6) is 5.75 Å². The molecule has 0 aliphatic carbocycles. The number of carbonyl (C=O) groups is 1. The van der Waals surface area contributed by atoms with Crippen LogP contribution in [0.3, 0.4) is 0 Å². The Morgan fingerprint density at radius 3 is 2.58 bits per heavy atom. The number of ether oxygens (including phenoxy) is 1. The van der Waals surface area contributed by atoms with Crippen molar-refractivity contribution in [1.29, 1.82) is 0 Å². The smallest absolute Gasteiger partial charge is 0.274 e. The summed E-state index contributed by atoms with van der Waals surface area (Å²) in [5.74, 6) is 0.155. The van der Waals surface area contributed by atoms with E-state index >= 15 is 0 Å². The first-order valence-electron chi connectivity index (χ1n) is 9.86. The lowest BCUT2D eigenvalue weighted by atomic mass is 10.2. The Balaban J connectivity index is 1.29. The lowest BCUT2D eigenvalue weighted by Crippen LogP contribution is -2.48. The molecule has 4 rings (SSSR count). The van der Waals surface area contributed by atoms with Gasteiger partial charge < -0.3 is 9.64 Å². The van der Waals surface area contributed by atoms with E-state index in [4.69, 9.17) is 27.9 Å². The number of amides is 1. The van der Waals surface area contributed by atoms with Crippen LogP contribution in [0.2, 0.25) is 10.0 Å². The predicted octanol–water partition coefficient (Wildman–Crippen LogP) is 4.32. The molecule has 3 aromatic rings. The first-order chi connectivity index (χ1) is 15.0. The van der Waals surface area contributed by atoms with Crippen molar-refractivity contribution in [2.75, 3.05) is 26.2 Å². The Kier molecular flexibility index (Phi) is 6.75. The summed E-state index contributed by atoms with van der Waals surface area (Å²) in [6, 6.07) is 13.4. The fourth-order valence-electron chi connectivity index (χ4n) is 3.41. The van der Waals surface area contributed by atoms with Gasteiger partial charge in [0.25, 0.3) is 5.91 Å². The topological polar surface area (TPSA) is 50.6 Å². The summed E-state index contributed by atoms with van der Waals surface area (Å²) >= 11 is 12.0. The maximum absolute atomic E-state index is 13.9. The molecule has 1 fully saturated rings. The van der Waals surface area contributed by atoms with Gasteiger partial charge >= 0.3 is 0 Å². The Bertz CT molecular complexity index is 1070. The highest BCUT2D eigenvalue weighted by molar-refractivity contribution is 6.35. The van der Waals surface area contributed by atoms with Gasteiger partial charge in [-0.05, 0) is 30.3 Å². The van der Waals surface area contributed by atoms with Crippen LogP contribution in [0, 0.1) is 5.82 Å². The molecule has 0 spiro atoms. The Hall–Kier alpha value is -2.61. The summed E-state index contributed by atoms with van der Waals surface area (Å²) < 4.78 is 21.0. The quantitative estimate of drug-likeness (QED) is 0.547. The maximum atomic E-state index is 13.9. The third-order valence-corrected chi connectivity index (χ3v) is 5.65. The van der Waals surface area contributed by atoms with Crippen molar-refractivity contribution in [3.8, 4) is 5.75 Å². The minimum absolute atomic E-state index is 0.116. The summed E-state index contributed by atoms with van der Waals surface area (Å²) in [6.07, 6.45) is 1.69. The lowest BCUT2D eigenvalue weighted by molar-refractivity contribution is 0.0619. The number of nitrogens with zero attached hydrogens (tertiary/aromatic N) is 4. The van der Waals surface area contributed by atoms with Gasteiger partial charge in [-0.2, -0.15) is 5.10 Å². The Morgan fingerprint density at radius 2 is 1.84 bits per heavy atom. The van der Waals surface area contributed by atoms with Crippen molar-refractivity contribution in [1.82, 2.24) is 19.6 Å². The van der Waals surface area contributed by atoms with Gasteiger partial charge in [-0.25, -0.2) is 9.07 Å². The predicted molar refractivity (Wildman–Crippen MR) is 117 cm³/mol. The number of hydrogen-bond acceptors (Lipinski definition) is 4. The fraction of sp³-hybridized carbons (Fsp3) is 0.273. The van der Waals surface area contributed by atoms with E-state index in [-0.39, 0.29) is 18.5 Å². The molecule has 1 aliphatic rings. The van der Waals surface area contributed by atoms with E-state index in [2.05, 4.69) is 10.00 Å². The maximum Gasteiger partial charge on any atom is 0.274 e. The standard InChI is InChI=1S/C22H21Cl2FN4O2/c23-17-5-6-21(18(24)13-17)31-15-29-8-7-20(26-29)22(30)28-11-9-27(10-12-28)14-16-3-1-2-4-19(16)25/h1-8,13H,9-12,14-15H2. The van der Waals surface area contributed by atoms with Crippen LogP contribution in [0.1, 0.15) is 16.1 Å². The van der Waals surface area contributed by atoms with Crippen molar-refractivity contribution in [3.05, 3.63) is 81.8 Å². The first kappa shape index (κ1) is 21.6. The van der Waals surface area contributed by atoms with Gasteiger partial charge in [0.15, 0.2) is 12.4 Å². The number of aromatic nitrogens is 2. The van der Waals surface area contributed by atoms with Crippen LogP contribution in [0.15, 0.2) is 54.7 Å². The summed E-state index contributed by atoms with van der Waals surface area (Å²) in [7, 11) is 0. The van der Waals surface area contributed by atoms with Crippen LogP contribution >= 0.6 is 23.2 Å². The van der Waals surface area contributed by atoms with Gasteiger partial charge in [0.05, 0.1) is 5.02 Å². The molecule has 0 atom stereocenters. The molecule has 0 saturated carbocycles. The van der Waals surface area contributed by atoms with E-state index in [1.165, 1.54) is 10.7 Å². The van der Waals surface area contributed by atoms with E-state index in [1.54, 1.807) is 47.5 Å². The molecule has 2 aromatic carbocycles. The number of piperazine rings is 1. The largest absolute Gasteiger partial charge is 0.470 e. The molecule has 0 N–H and O–H groups in total. The molecule has 1 saturated heterocycles. The molecule has 162 valence electrons. The molecule has 1 amide bonds. The molecule has 6 nitrogen and oxygen atoms in total. The molecular formula is C22H21Cl2FN4O2. The van der Waals surface area contributed by atoms with Gasteiger partial charge in [-0.15, -0.1) is 0 Å². The van der Waals surface area contributed by atoms with Gasteiger partial charge in [0.1, 0.15) is 11.6 Å². The fourth-order valence-corrected chi connectivity index (χ4v) is 3.88. The number of halogens is 3. The number of benzene rings is 2. The van der Waals surface area contributed by atoms with E-state index in [9.17, 15) is 9.18 Å². The van der Waals surface area contributed by atoms with E-state index < -0.39 is 0 Å². The number of rotatable bonds is 6. The molecular weight excluding hydrogens is 442 g/mol. The van der Waals surface area contributed by atoms with Crippen LogP contribution in [-0.4, -0.2) is 51.7 Å². The second kappa shape index (κ2) is 9.68. The van der Waals surface area contributed by atoms with Gasteiger partial charge in [-0.3, -0.25) is 9.69 Å². The van der Waals surface area contributed by atoms with Crippen molar-refractivity contribution >= 4 is 29.1 Å². The van der Waals surface area contributed by atoms with Crippen molar-refractivity contribution in [3.63, 3.8) is 0 Å². The SMILES string of the molecule is O=C(c1ccn(COc2ccc(Cl)cc2Cl)n1)N1CCN(Cc2ccccc2F)CC1. The molecule has 1 aromatic heterocycles. The second-order valence-corrected chi connectivity index (χ2v) is 8.09. The zero-order chi connectivity index (χ0) is 21.8. The van der Waals surface area contributed by atoms with Gasteiger partial charge in [0.2, 0.25) is 0 Å². The molecule has 9 heteroatoms. The summed E-state index contributed by atoms with van der Waals surface area (Å²) in [4.78, 5) is 16.7. The van der Waals surface area contributed by atoms with Crippen LogP contribution < -0.4 is 4.74 Å². The highest BCUT2D eigenvalue weighted by Crippen LogP contribution is 2.27. The third-order valence-electron chi connectivity index (χ3n) is 5.12. The zero-order valence-electron chi connectivity index (χ0n) is 16.7. The van der Waals surface area contributed by atoms with E-state index in [0.717, 1.165) is 0 Å². The van der Waals surface area contributed by atoms with Crippen molar-refractivity contribution in [2.24, 2.45) is 0 Å². The van der Waals surface area contributed by atoms with Gasteiger partial charge in [0, 0.05) is 49.5 Å². The molecule has 1 aliphatic heterocycles. The van der Waals surface area contributed by atoms with Crippen LogP contribution in [0.4, 0.5) is 4.39 Å². The number of carbonyl (C=O) groups excluding carboxylic acids is 1. The first-order valence-corrected chi connectivity index (χ1v) is 10.6. The molecule has 2 heterocycles. The van der Waals surface area contributed by atoms with Crippen molar-refractivity contribution < 1.29 is 13.9 Å².